The zero-order valence-corrected chi connectivity index (χ0v) is 8.54. The first-order valence-corrected chi connectivity index (χ1v) is 5.06. The van der Waals surface area contributed by atoms with E-state index in [4.69, 9.17) is 16.9 Å². The summed E-state index contributed by atoms with van der Waals surface area (Å²) in [6.45, 7) is 1.90. The Bertz CT molecular complexity index is 507. The minimum absolute atomic E-state index is 0.737. The number of rotatable bonds is 0. The van der Waals surface area contributed by atoms with Crippen LogP contribution >= 0.6 is 22.9 Å². The second-order valence-electron chi connectivity index (χ2n) is 2.83. The van der Waals surface area contributed by atoms with Crippen molar-refractivity contribution in [2.75, 3.05) is 0 Å². The lowest BCUT2D eigenvalue weighted by atomic mass is 10.1. The van der Waals surface area contributed by atoms with E-state index in [-0.39, 0.29) is 0 Å². The van der Waals surface area contributed by atoms with Crippen LogP contribution in [-0.4, -0.2) is 0 Å². The lowest BCUT2D eigenvalue weighted by Crippen LogP contribution is -1.82. The molecule has 3 heteroatoms. The third-order valence-electron chi connectivity index (χ3n) is 2.00. The van der Waals surface area contributed by atoms with Crippen molar-refractivity contribution in [2.24, 2.45) is 0 Å². The number of hydrogen-bond donors (Lipinski definition) is 0. The molecule has 0 atom stereocenters. The van der Waals surface area contributed by atoms with E-state index in [1.165, 1.54) is 0 Å². The van der Waals surface area contributed by atoms with Crippen molar-refractivity contribution in [3.05, 3.63) is 33.7 Å². The van der Waals surface area contributed by atoms with Crippen LogP contribution in [0.25, 0.3) is 10.1 Å². The third-order valence-corrected chi connectivity index (χ3v) is 3.36. The van der Waals surface area contributed by atoms with Crippen LogP contribution in [0.5, 0.6) is 0 Å². The summed E-state index contributed by atoms with van der Waals surface area (Å²) in [7, 11) is 0. The molecule has 0 spiro atoms. The van der Waals surface area contributed by atoms with Crippen LogP contribution in [0.3, 0.4) is 0 Å². The van der Waals surface area contributed by atoms with E-state index in [1.807, 2.05) is 24.4 Å². The van der Waals surface area contributed by atoms with Gasteiger partial charge >= 0.3 is 0 Å². The first kappa shape index (κ1) is 8.55. The van der Waals surface area contributed by atoms with E-state index in [9.17, 15) is 0 Å². The van der Waals surface area contributed by atoms with Crippen LogP contribution in [0.15, 0.2) is 17.5 Å². The van der Waals surface area contributed by atoms with Gasteiger partial charge in [0.2, 0.25) is 0 Å². The Morgan fingerprint density at radius 1 is 1.54 bits per heavy atom. The number of aryl methyl sites for hydroxylation is 1. The van der Waals surface area contributed by atoms with Gasteiger partial charge in [-0.25, -0.2) is 0 Å². The molecule has 0 fully saturated rings. The van der Waals surface area contributed by atoms with Gasteiger partial charge in [-0.1, -0.05) is 11.6 Å². The normalized spacial score (nSPS) is 10.2. The fourth-order valence-corrected chi connectivity index (χ4v) is 2.59. The van der Waals surface area contributed by atoms with Gasteiger partial charge < -0.3 is 0 Å². The molecular formula is C10H6ClNS. The maximum atomic E-state index is 8.94. The highest BCUT2D eigenvalue weighted by Crippen LogP contribution is 2.32. The first-order valence-electron chi connectivity index (χ1n) is 3.80. The summed E-state index contributed by atoms with van der Waals surface area (Å²) >= 11 is 7.60. The standard InChI is InChI=1S/C10H6ClNS/c1-6-4-9(11)10-7(2-3-13-10)8(6)5-12/h2-4H,1H3. The quantitative estimate of drug-likeness (QED) is 0.646. The Morgan fingerprint density at radius 3 is 3.00 bits per heavy atom. The number of benzene rings is 1. The summed E-state index contributed by atoms with van der Waals surface area (Å²) in [6, 6.07) is 5.99. The van der Waals surface area contributed by atoms with Gasteiger partial charge in [0.05, 0.1) is 15.3 Å². The van der Waals surface area contributed by atoms with Crippen molar-refractivity contribution in [1.29, 1.82) is 5.26 Å². The Labute approximate surface area is 85.2 Å². The van der Waals surface area contributed by atoms with Gasteiger partial charge in [0, 0.05) is 5.39 Å². The van der Waals surface area contributed by atoms with Gasteiger partial charge in [-0.05, 0) is 30.0 Å². The molecule has 0 aliphatic heterocycles. The van der Waals surface area contributed by atoms with Crippen LogP contribution in [0.2, 0.25) is 5.02 Å². The summed E-state index contributed by atoms with van der Waals surface area (Å²) in [4.78, 5) is 0. The number of nitriles is 1. The Kier molecular flexibility index (Phi) is 1.99. The Morgan fingerprint density at radius 2 is 2.31 bits per heavy atom. The Hall–Kier alpha value is -1.04. The van der Waals surface area contributed by atoms with E-state index < -0.39 is 0 Å². The van der Waals surface area contributed by atoms with E-state index in [0.717, 1.165) is 26.2 Å². The molecule has 2 rings (SSSR count). The van der Waals surface area contributed by atoms with Gasteiger partial charge in [0.1, 0.15) is 6.07 Å². The minimum atomic E-state index is 0.737. The predicted octanol–water partition coefficient (Wildman–Crippen LogP) is 3.73. The predicted molar refractivity (Wildman–Crippen MR) is 56.3 cm³/mol. The highest BCUT2D eigenvalue weighted by Gasteiger charge is 2.08. The lowest BCUT2D eigenvalue weighted by Gasteiger charge is -2.00. The molecule has 0 unspecified atom stereocenters. The van der Waals surface area contributed by atoms with Gasteiger partial charge in [0.25, 0.3) is 0 Å². The topological polar surface area (TPSA) is 23.8 Å². The van der Waals surface area contributed by atoms with E-state index in [2.05, 4.69) is 6.07 Å². The summed E-state index contributed by atoms with van der Waals surface area (Å²) in [6.07, 6.45) is 0. The average Bonchev–Trinajstić information content (AvgIpc) is 2.53. The van der Waals surface area contributed by atoms with Crippen molar-refractivity contribution in [2.45, 2.75) is 6.92 Å². The molecule has 2 aromatic rings. The zero-order valence-electron chi connectivity index (χ0n) is 6.97. The number of halogens is 1. The zero-order chi connectivity index (χ0) is 9.42. The average molecular weight is 208 g/mol. The fraction of sp³-hybridized carbons (Fsp3) is 0.100. The molecule has 0 radical (unpaired) electrons. The van der Waals surface area contributed by atoms with Crippen molar-refractivity contribution in [1.82, 2.24) is 0 Å². The molecule has 0 amide bonds. The number of fused-ring (bicyclic) bond motifs is 1. The molecule has 13 heavy (non-hydrogen) atoms. The molecule has 1 nitrogen and oxygen atoms in total. The summed E-state index contributed by atoms with van der Waals surface area (Å²) in [5, 5.41) is 12.6. The van der Waals surface area contributed by atoms with Gasteiger partial charge in [0.15, 0.2) is 0 Å². The van der Waals surface area contributed by atoms with E-state index >= 15 is 0 Å². The summed E-state index contributed by atoms with van der Waals surface area (Å²) in [5.41, 5.74) is 1.68. The lowest BCUT2D eigenvalue weighted by molar-refractivity contribution is 1.43. The SMILES string of the molecule is Cc1cc(Cl)c2sccc2c1C#N. The number of thiophene rings is 1. The van der Waals surface area contributed by atoms with Crippen molar-refractivity contribution in [3.8, 4) is 6.07 Å². The maximum absolute atomic E-state index is 8.94. The largest absolute Gasteiger partial charge is 0.192 e. The van der Waals surface area contributed by atoms with Gasteiger partial charge in [-0.2, -0.15) is 5.26 Å². The summed E-state index contributed by atoms with van der Waals surface area (Å²) < 4.78 is 1.00. The van der Waals surface area contributed by atoms with Crippen molar-refractivity contribution >= 4 is 33.0 Å². The van der Waals surface area contributed by atoms with Crippen LogP contribution < -0.4 is 0 Å². The summed E-state index contributed by atoms with van der Waals surface area (Å²) in [5.74, 6) is 0. The first-order chi connectivity index (χ1) is 6.24. The molecule has 1 aromatic heterocycles. The van der Waals surface area contributed by atoms with E-state index in [0.29, 0.717) is 0 Å². The van der Waals surface area contributed by atoms with Crippen LogP contribution in [0, 0.1) is 18.3 Å². The maximum Gasteiger partial charge on any atom is 0.100 e. The Balaban J connectivity index is 2.99. The minimum Gasteiger partial charge on any atom is -0.192 e. The fourth-order valence-electron chi connectivity index (χ4n) is 1.38. The van der Waals surface area contributed by atoms with Crippen LogP contribution in [0.1, 0.15) is 11.1 Å². The molecule has 0 N–H and O–H groups in total. The molecule has 0 saturated heterocycles. The monoisotopic (exact) mass is 207 g/mol. The highest BCUT2D eigenvalue weighted by molar-refractivity contribution is 7.17. The van der Waals surface area contributed by atoms with Crippen LogP contribution in [0.4, 0.5) is 0 Å². The second kappa shape index (κ2) is 3.02. The smallest absolute Gasteiger partial charge is 0.100 e. The molecule has 64 valence electrons. The van der Waals surface area contributed by atoms with Gasteiger partial charge in [-0.15, -0.1) is 11.3 Å². The van der Waals surface area contributed by atoms with Crippen LogP contribution in [-0.2, 0) is 0 Å². The number of hydrogen-bond acceptors (Lipinski definition) is 2. The molecule has 1 heterocycles. The van der Waals surface area contributed by atoms with E-state index in [1.54, 1.807) is 11.3 Å². The van der Waals surface area contributed by atoms with Crippen molar-refractivity contribution in [3.63, 3.8) is 0 Å². The third kappa shape index (κ3) is 1.21. The molecule has 1 aromatic carbocycles. The van der Waals surface area contributed by atoms with Crippen molar-refractivity contribution < 1.29 is 0 Å². The molecule has 0 aliphatic carbocycles. The second-order valence-corrected chi connectivity index (χ2v) is 4.15. The molecule has 0 aliphatic rings. The molecular weight excluding hydrogens is 202 g/mol. The molecule has 0 saturated carbocycles. The number of nitrogens with zero attached hydrogens (tertiary/aromatic N) is 1. The highest BCUT2D eigenvalue weighted by atomic mass is 35.5. The van der Waals surface area contributed by atoms with Gasteiger partial charge in [-0.3, -0.25) is 0 Å². The molecule has 0 bridgehead atoms.